The second-order valence-electron chi connectivity index (χ2n) is 4.68. The van der Waals surface area contributed by atoms with Crippen LogP contribution in [0.15, 0.2) is 53.0 Å². The summed E-state index contributed by atoms with van der Waals surface area (Å²) in [7, 11) is 1.64. The van der Waals surface area contributed by atoms with Crippen molar-refractivity contribution in [3.63, 3.8) is 0 Å². The molecule has 0 bridgehead atoms. The van der Waals surface area contributed by atoms with Crippen LogP contribution in [0.2, 0.25) is 0 Å². The quantitative estimate of drug-likeness (QED) is 0.814. The van der Waals surface area contributed by atoms with Crippen molar-refractivity contribution < 1.29 is 9.53 Å². The van der Waals surface area contributed by atoms with E-state index in [1.54, 1.807) is 7.11 Å². The van der Waals surface area contributed by atoms with Crippen LogP contribution in [0, 0.1) is 0 Å². The number of carbonyl (C=O) groups is 1. The van der Waals surface area contributed by atoms with E-state index >= 15 is 0 Å². The van der Waals surface area contributed by atoms with Gasteiger partial charge < -0.3 is 9.64 Å². The first-order valence-electron chi connectivity index (χ1n) is 6.81. The Balaban J connectivity index is 2.13. The molecule has 4 heteroatoms. The third kappa shape index (κ3) is 4.08. The Hall–Kier alpha value is -1.81. The molecule has 110 valence electrons. The molecule has 0 aliphatic carbocycles. The lowest BCUT2D eigenvalue weighted by Gasteiger charge is -2.21. The van der Waals surface area contributed by atoms with Gasteiger partial charge in [0.2, 0.25) is 0 Å². The second-order valence-corrected chi connectivity index (χ2v) is 5.59. The molecule has 0 heterocycles. The minimum absolute atomic E-state index is 0.0367. The van der Waals surface area contributed by atoms with E-state index in [-0.39, 0.29) is 5.91 Å². The second kappa shape index (κ2) is 7.27. The third-order valence-electron chi connectivity index (χ3n) is 3.27. The van der Waals surface area contributed by atoms with Crippen LogP contribution in [-0.4, -0.2) is 24.5 Å². The summed E-state index contributed by atoms with van der Waals surface area (Å²) in [6, 6.07) is 15.3. The Kier molecular flexibility index (Phi) is 5.39. The van der Waals surface area contributed by atoms with Crippen molar-refractivity contribution in [3.8, 4) is 5.75 Å². The molecular formula is C17H18BrNO2. The first-order chi connectivity index (χ1) is 10.1. The van der Waals surface area contributed by atoms with Gasteiger partial charge in [-0.2, -0.15) is 0 Å². The number of carbonyl (C=O) groups excluding carboxylic acids is 1. The number of hydrogen-bond donors (Lipinski definition) is 0. The number of rotatable bonds is 5. The molecule has 0 unspecified atom stereocenters. The van der Waals surface area contributed by atoms with Crippen LogP contribution in [0.4, 0.5) is 0 Å². The molecule has 2 rings (SSSR count). The summed E-state index contributed by atoms with van der Waals surface area (Å²) >= 11 is 3.40. The largest absolute Gasteiger partial charge is 0.497 e. The van der Waals surface area contributed by atoms with E-state index in [1.807, 2.05) is 60.4 Å². The van der Waals surface area contributed by atoms with E-state index in [0.29, 0.717) is 18.7 Å². The zero-order valence-electron chi connectivity index (χ0n) is 12.2. The zero-order chi connectivity index (χ0) is 15.2. The highest BCUT2D eigenvalue weighted by molar-refractivity contribution is 9.10. The van der Waals surface area contributed by atoms with Gasteiger partial charge in [-0.3, -0.25) is 4.79 Å². The minimum Gasteiger partial charge on any atom is -0.497 e. The van der Waals surface area contributed by atoms with Crippen molar-refractivity contribution in [1.82, 2.24) is 4.90 Å². The summed E-state index contributed by atoms with van der Waals surface area (Å²) in [6.07, 6.45) is 0. The number of halogens is 1. The van der Waals surface area contributed by atoms with E-state index in [4.69, 9.17) is 4.74 Å². The molecule has 0 radical (unpaired) electrons. The molecular weight excluding hydrogens is 330 g/mol. The van der Waals surface area contributed by atoms with Gasteiger partial charge in [0, 0.05) is 23.1 Å². The van der Waals surface area contributed by atoms with Crippen molar-refractivity contribution in [3.05, 3.63) is 64.1 Å². The Morgan fingerprint density at radius 1 is 1.19 bits per heavy atom. The van der Waals surface area contributed by atoms with Crippen LogP contribution in [-0.2, 0) is 6.54 Å². The van der Waals surface area contributed by atoms with Gasteiger partial charge in [0.25, 0.3) is 5.91 Å². The number of amides is 1. The highest BCUT2D eigenvalue weighted by Crippen LogP contribution is 2.16. The first-order valence-corrected chi connectivity index (χ1v) is 7.61. The van der Waals surface area contributed by atoms with Gasteiger partial charge in [-0.05, 0) is 42.8 Å². The van der Waals surface area contributed by atoms with Gasteiger partial charge in [-0.15, -0.1) is 0 Å². The van der Waals surface area contributed by atoms with Crippen LogP contribution < -0.4 is 4.74 Å². The van der Waals surface area contributed by atoms with Gasteiger partial charge in [-0.25, -0.2) is 0 Å². The lowest BCUT2D eigenvalue weighted by molar-refractivity contribution is 0.0752. The molecule has 0 N–H and O–H groups in total. The molecule has 1 amide bonds. The van der Waals surface area contributed by atoms with Gasteiger partial charge in [0.1, 0.15) is 5.75 Å². The highest BCUT2D eigenvalue weighted by Gasteiger charge is 2.14. The molecule has 21 heavy (non-hydrogen) atoms. The molecule has 0 saturated carbocycles. The maximum absolute atomic E-state index is 12.5. The maximum Gasteiger partial charge on any atom is 0.254 e. The van der Waals surface area contributed by atoms with Crippen molar-refractivity contribution in [2.24, 2.45) is 0 Å². The highest BCUT2D eigenvalue weighted by atomic mass is 79.9. The van der Waals surface area contributed by atoms with Crippen molar-refractivity contribution in [2.45, 2.75) is 13.5 Å². The average molecular weight is 348 g/mol. The molecule has 0 aromatic heterocycles. The molecule has 0 atom stereocenters. The monoisotopic (exact) mass is 347 g/mol. The van der Waals surface area contributed by atoms with E-state index in [0.717, 1.165) is 15.8 Å². The Morgan fingerprint density at radius 2 is 1.90 bits per heavy atom. The summed E-state index contributed by atoms with van der Waals surface area (Å²) in [6.45, 7) is 3.24. The standard InChI is InChI=1S/C17H18BrNO2/c1-3-19(12-13-7-9-16(21-2)10-8-13)17(20)14-5-4-6-15(18)11-14/h4-11H,3,12H2,1-2H3. The SMILES string of the molecule is CCN(Cc1ccc(OC)cc1)C(=O)c1cccc(Br)c1. The number of hydrogen-bond acceptors (Lipinski definition) is 2. The predicted octanol–water partition coefficient (Wildman–Crippen LogP) is 4.12. The summed E-state index contributed by atoms with van der Waals surface area (Å²) in [5, 5.41) is 0. The van der Waals surface area contributed by atoms with Crippen LogP contribution >= 0.6 is 15.9 Å². The smallest absolute Gasteiger partial charge is 0.254 e. The van der Waals surface area contributed by atoms with Gasteiger partial charge >= 0.3 is 0 Å². The summed E-state index contributed by atoms with van der Waals surface area (Å²) in [5.41, 5.74) is 1.78. The number of nitrogens with zero attached hydrogens (tertiary/aromatic N) is 1. The fourth-order valence-corrected chi connectivity index (χ4v) is 2.48. The number of methoxy groups -OCH3 is 1. The van der Waals surface area contributed by atoms with Crippen molar-refractivity contribution in [2.75, 3.05) is 13.7 Å². The van der Waals surface area contributed by atoms with E-state index in [1.165, 1.54) is 0 Å². The Bertz CT molecular complexity index is 610. The van der Waals surface area contributed by atoms with Crippen LogP contribution in [0.5, 0.6) is 5.75 Å². The van der Waals surface area contributed by atoms with Crippen molar-refractivity contribution in [1.29, 1.82) is 0 Å². The lowest BCUT2D eigenvalue weighted by Crippen LogP contribution is -2.30. The van der Waals surface area contributed by atoms with Crippen LogP contribution in [0.25, 0.3) is 0 Å². The molecule has 0 spiro atoms. The van der Waals surface area contributed by atoms with Gasteiger partial charge in [0.05, 0.1) is 7.11 Å². The van der Waals surface area contributed by atoms with Crippen LogP contribution in [0.3, 0.4) is 0 Å². The zero-order valence-corrected chi connectivity index (χ0v) is 13.8. The molecule has 2 aromatic rings. The fraction of sp³-hybridized carbons (Fsp3) is 0.235. The molecule has 0 aliphatic heterocycles. The minimum atomic E-state index is 0.0367. The predicted molar refractivity (Wildman–Crippen MR) is 87.6 cm³/mol. The average Bonchev–Trinajstić information content (AvgIpc) is 2.52. The number of benzene rings is 2. The molecule has 2 aromatic carbocycles. The molecule has 0 aliphatic rings. The first kappa shape index (κ1) is 15.6. The third-order valence-corrected chi connectivity index (χ3v) is 3.77. The topological polar surface area (TPSA) is 29.5 Å². The van der Waals surface area contributed by atoms with E-state index < -0.39 is 0 Å². The molecule has 0 fully saturated rings. The van der Waals surface area contributed by atoms with E-state index in [2.05, 4.69) is 15.9 Å². The van der Waals surface area contributed by atoms with Gasteiger partial charge in [-0.1, -0.05) is 34.1 Å². The Labute approximate surface area is 133 Å². The fourth-order valence-electron chi connectivity index (χ4n) is 2.08. The van der Waals surface area contributed by atoms with E-state index in [9.17, 15) is 4.79 Å². The number of ether oxygens (including phenoxy) is 1. The lowest BCUT2D eigenvalue weighted by atomic mass is 10.1. The van der Waals surface area contributed by atoms with Gasteiger partial charge in [0.15, 0.2) is 0 Å². The molecule has 0 saturated heterocycles. The normalized spacial score (nSPS) is 10.2. The maximum atomic E-state index is 12.5. The molecule has 3 nitrogen and oxygen atoms in total. The summed E-state index contributed by atoms with van der Waals surface area (Å²) in [5.74, 6) is 0.856. The van der Waals surface area contributed by atoms with Crippen molar-refractivity contribution >= 4 is 21.8 Å². The Morgan fingerprint density at radius 3 is 2.48 bits per heavy atom. The van der Waals surface area contributed by atoms with Crippen LogP contribution in [0.1, 0.15) is 22.8 Å². The summed E-state index contributed by atoms with van der Waals surface area (Å²) < 4.78 is 6.06. The summed E-state index contributed by atoms with van der Waals surface area (Å²) in [4.78, 5) is 14.4.